The minimum absolute atomic E-state index is 0.182. The lowest BCUT2D eigenvalue weighted by molar-refractivity contribution is -0.131. The number of amides is 1. The second-order valence-electron chi connectivity index (χ2n) is 6.65. The maximum atomic E-state index is 12.5. The van der Waals surface area contributed by atoms with E-state index in [1.165, 1.54) is 5.69 Å². The average molecular weight is 383 g/mol. The van der Waals surface area contributed by atoms with E-state index >= 15 is 0 Å². The number of aliphatic imine (C=N–C) groups is 1. The molecule has 1 aromatic carbocycles. The highest BCUT2D eigenvalue weighted by molar-refractivity contribution is 5.81. The van der Waals surface area contributed by atoms with Crippen LogP contribution in [0.1, 0.15) is 19.1 Å². The van der Waals surface area contributed by atoms with Crippen LogP contribution in [0.4, 0.5) is 5.69 Å². The van der Waals surface area contributed by atoms with Crippen LogP contribution in [0.5, 0.6) is 0 Å². The van der Waals surface area contributed by atoms with Gasteiger partial charge in [0.1, 0.15) is 12.3 Å². The highest BCUT2D eigenvalue weighted by Gasteiger charge is 2.20. The van der Waals surface area contributed by atoms with E-state index in [2.05, 4.69) is 32.7 Å². The molecule has 2 aromatic rings. The molecule has 1 fully saturated rings. The maximum absolute atomic E-state index is 12.5. The molecule has 1 aliphatic heterocycles. The van der Waals surface area contributed by atoms with Crippen molar-refractivity contribution in [2.45, 2.75) is 19.9 Å². The third-order valence-corrected chi connectivity index (χ3v) is 4.70. The first-order valence-corrected chi connectivity index (χ1v) is 9.88. The second-order valence-corrected chi connectivity index (χ2v) is 6.65. The first-order valence-electron chi connectivity index (χ1n) is 9.88. The Morgan fingerprint density at radius 2 is 1.86 bits per heavy atom. The molecule has 1 aliphatic rings. The summed E-state index contributed by atoms with van der Waals surface area (Å²) in [4.78, 5) is 21.3. The summed E-state index contributed by atoms with van der Waals surface area (Å²) in [6, 6.07) is 14.1. The number of anilines is 1. The van der Waals surface area contributed by atoms with Gasteiger partial charge in [-0.15, -0.1) is 0 Å². The number of nitrogens with zero attached hydrogens (tertiary/aromatic N) is 3. The Morgan fingerprint density at radius 3 is 2.54 bits per heavy atom. The summed E-state index contributed by atoms with van der Waals surface area (Å²) in [5, 5.41) is 6.41. The van der Waals surface area contributed by atoms with E-state index in [0.717, 1.165) is 38.5 Å². The fraction of sp³-hybridized carbons (Fsp3) is 0.429. The number of furan rings is 1. The number of guanidine groups is 1. The summed E-state index contributed by atoms with van der Waals surface area (Å²) in [5.74, 6) is 1.69. The number of para-hydroxylation sites is 1. The maximum Gasteiger partial charge on any atom is 0.224 e. The Hall–Kier alpha value is -2.96. The Morgan fingerprint density at radius 1 is 1.07 bits per heavy atom. The first kappa shape index (κ1) is 19.8. The summed E-state index contributed by atoms with van der Waals surface area (Å²) >= 11 is 0. The van der Waals surface area contributed by atoms with Gasteiger partial charge in [-0.25, -0.2) is 4.99 Å². The zero-order chi connectivity index (χ0) is 19.6. The first-order chi connectivity index (χ1) is 13.8. The lowest BCUT2D eigenvalue weighted by atomic mass is 10.2. The molecule has 2 N–H and O–H groups in total. The Balaban J connectivity index is 1.40. The molecule has 0 spiro atoms. The van der Waals surface area contributed by atoms with Gasteiger partial charge in [0.2, 0.25) is 5.91 Å². The molecule has 1 amide bonds. The number of rotatable bonds is 7. The Kier molecular flexibility index (Phi) is 7.35. The molecule has 1 aromatic heterocycles. The fourth-order valence-corrected chi connectivity index (χ4v) is 3.20. The second kappa shape index (κ2) is 10.4. The van der Waals surface area contributed by atoms with Gasteiger partial charge in [-0.05, 0) is 31.2 Å². The van der Waals surface area contributed by atoms with Crippen LogP contribution in [0.25, 0.3) is 0 Å². The minimum Gasteiger partial charge on any atom is -0.467 e. The van der Waals surface area contributed by atoms with E-state index in [1.54, 1.807) is 6.26 Å². The van der Waals surface area contributed by atoms with Crippen molar-refractivity contribution in [2.24, 2.45) is 4.99 Å². The lowest BCUT2D eigenvalue weighted by Gasteiger charge is -2.36. The number of benzene rings is 1. The number of hydrogen-bond acceptors (Lipinski definition) is 4. The molecule has 0 saturated carbocycles. The van der Waals surface area contributed by atoms with Crippen molar-refractivity contribution >= 4 is 17.6 Å². The smallest absolute Gasteiger partial charge is 0.224 e. The van der Waals surface area contributed by atoms with Gasteiger partial charge in [-0.1, -0.05) is 18.2 Å². The Labute approximate surface area is 166 Å². The van der Waals surface area contributed by atoms with E-state index in [9.17, 15) is 4.79 Å². The minimum atomic E-state index is 0.182. The van der Waals surface area contributed by atoms with Crippen LogP contribution in [0, 0.1) is 0 Å². The van der Waals surface area contributed by atoms with Crippen molar-refractivity contribution < 1.29 is 9.21 Å². The van der Waals surface area contributed by atoms with Crippen LogP contribution in [0.3, 0.4) is 0 Å². The van der Waals surface area contributed by atoms with Crippen molar-refractivity contribution in [3.05, 3.63) is 54.5 Å². The number of hydrogen-bond donors (Lipinski definition) is 2. The van der Waals surface area contributed by atoms with Gasteiger partial charge in [0.25, 0.3) is 0 Å². The number of carbonyl (C=O) groups is 1. The summed E-state index contributed by atoms with van der Waals surface area (Å²) in [5.41, 5.74) is 1.22. The highest BCUT2D eigenvalue weighted by Crippen LogP contribution is 2.15. The SMILES string of the molecule is CCNC(=NCc1ccco1)NCCC(=O)N1CCN(c2ccccc2)CC1. The highest BCUT2D eigenvalue weighted by atomic mass is 16.3. The summed E-state index contributed by atoms with van der Waals surface area (Å²) in [6.07, 6.45) is 2.10. The molecule has 7 nitrogen and oxygen atoms in total. The molecule has 1 saturated heterocycles. The quantitative estimate of drug-likeness (QED) is 0.566. The Bertz CT molecular complexity index is 737. The predicted octanol–water partition coefficient (Wildman–Crippen LogP) is 2.07. The summed E-state index contributed by atoms with van der Waals surface area (Å²) in [6.45, 7) is 7.08. The van der Waals surface area contributed by atoms with Crippen molar-refractivity contribution in [3.63, 3.8) is 0 Å². The molecule has 0 radical (unpaired) electrons. The zero-order valence-corrected chi connectivity index (χ0v) is 16.4. The number of carbonyl (C=O) groups excluding carboxylic acids is 1. The van der Waals surface area contributed by atoms with E-state index in [4.69, 9.17) is 4.42 Å². The summed E-state index contributed by atoms with van der Waals surface area (Å²) in [7, 11) is 0. The molecule has 0 unspecified atom stereocenters. The molecule has 0 aliphatic carbocycles. The van der Waals surface area contributed by atoms with Gasteiger partial charge in [0.05, 0.1) is 6.26 Å². The normalized spacial score (nSPS) is 14.8. The average Bonchev–Trinajstić information content (AvgIpc) is 3.26. The standard InChI is InChI=1S/C21H29N5O2/c1-2-22-21(24-17-19-9-6-16-28-19)23-11-10-20(27)26-14-12-25(13-15-26)18-7-4-3-5-8-18/h3-9,16H,2,10-15,17H2,1H3,(H2,22,23,24). The topological polar surface area (TPSA) is 73.1 Å². The van der Waals surface area contributed by atoms with Gasteiger partial charge in [0, 0.05) is 51.4 Å². The summed E-state index contributed by atoms with van der Waals surface area (Å²) < 4.78 is 5.30. The largest absolute Gasteiger partial charge is 0.467 e. The molecular weight excluding hydrogens is 354 g/mol. The molecule has 0 atom stereocenters. The van der Waals surface area contributed by atoms with E-state index in [-0.39, 0.29) is 5.91 Å². The monoisotopic (exact) mass is 383 g/mol. The van der Waals surface area contributed by atoms with E-state index < -0.39 is 0 Å². The zero-order valence-electron chi connectivity index (χ0n) is 16.4. The fourth-order valence-electron chi connectivity index (χ4n) is 3.20. The van der Waals surface area contributed by atoms with Crippen molar-refractivity contribution in [2.75, 3.05) is 44.2 Å². The number of piperazine rings is 1. The van der Waals surface area contributed by atoms with Gasteiger partial charge in [-0.2, -0.15) is 0 Å². The molecule has 0 bridgehead atoms. The van der Waals surface area contributed by atoms with Crippen LogP contribution in [0.2, 0.25) is 0 Å². The predicted molar refractivity (Wildman–Crippen MR) is 111 cm³/mol. The number of nitrogens with one attached hydrogen (secondary N) is 2. The third-order valence-electron chi connectivity index (χ3n) is 4.70. The molecule has 7 heteroatoms. The van der Waals surface area contributed by atoms with Gasteiger partial charge < -0.3 is 24.9 Å². The molecule has 150 valence electrons. The van der Waals surface area contributed by atoms with Crippen LogP contribution < -0.4 is 15.5 Å². The van der Waals surface area contributed by atoms with Gasteiger partial charge in [-0.3, -0.25) is 4.79 Å². The van der Waals surface area contributed by atoms with Gasteiger partial charge in [0.15, 0.2) is 5.96 Å². The molecular formula is C21H29N5O2. The van der Waals surface area contributed by atoms with E-state index in [1.807, 2.05) is 42.2 Å². The van der Waals surface area contributed by atoms with Crippen LogP contribution in [-0.2, 0) is 11.3 Å². The molecule has 28 heavy (non-hydrogen) atoms. The van der Waals surface area contributed by atoms with Crippen molar-refractivity contribution in [1.29, 1.82) is 0 Å². The van der Waals surface area contributed by atoms with Crippen LogP contribution in [0.15, 0.2) is 58.1 Å². The third kappa shape index (κ3) is 5.77. The van der Waals surface area contributed by atoms with E-state index in [0.29, 0.717) is 25.5 Å². The van der Waals surface area contributed by atoms with Gasteiger partial charge >= 0.3 is 0 Å². The molecule has 2 heterocycles. The van der Waals surface area contributed by atoms with Crippen LogP contribution >= 0.6 is 0 Å². The van der Waals surface area contributed by atoms with Crippen molar-refractivity contribution in [3.8, 4) is 0 Å². The molecule has 3 rings (SSSR count). The van der Waals surface area contributed by atoms with Crippen molar-refractivity contribution in [1.82, 2.24) is 15.5 Å². The van der Waals surface area contributed by atoms with Crippen LogP contribution in [-0.4, -0.2) is 56.0 Å². The lowest BCUT2D eigenvalue weighted by Crippen LogP contribution is -2.49.